The van der Waals surface area contributed by atoms with Crippen LogP contribution in [0.25, 0.3) is 0 Å². The summed E-state index contributed by atoms with van der Waals surface area (Å²) in [5.74, 6) is 0. The highest BCUT2D eigenvalue weighted by molar-refractivity contribution is 8.34. The van der Waals surface area contributed by atoms with Gasteiger partial charge in [-0.15, -0.1) is 10.0 Å². The van der Waals surface area contributed by atoms with Crippen molar-refractivity contribution >= 4 is 101 Å². The van der Waals surface area contributed by atoms with Gasteiger partial charge in [-0.05, 0) is 144 Å². The number of hydrogen-bond acceptors (Lipinski definition) is 4. The van der Waals surface area contributed by atoms with Gasteiger partial charge in [0.05, 0.1) is 17.1 Å². The van der Waals surface area contributed by atoms with Gasteiger partial charge in [0.2, 0.25) is 0 Å². The maximum Gasteiger partial charge on any atom is 0.252 e. The molecule has 3 aliphatic heterocycles. The second-order valence-electron chi connectivity index (χ2n) is 18.5. The number of hydrogen-bond donors (Lipinski definition) is 0. The summed E-state index contributed by atoms with van der Waals surface area (Å²) in [6.07, 6.45) is 0. The molecule has 14 rings (SSSR count). The van der Waals surface area contributed by atoms with E-state index in [1.165, 1.54) is 53.0 Å². The monoisotopic (exact) mass is 938 g/mol. The van der Waals surface area contributed by atoms with Gasteiger partial charge in [-0.2, -0.15) is 0 Å². The Balaban J connectivity index is 1.05. The molecule has 11 aromatic rings. The highest BCUT2D eigenvalue weighted by atomic mass is 32.3. The third-order valence-corrected chi connectivity index (χ3v) is 18.6. The minimum atomic E-state index is -1.92. The molecule has 0 spiro atoms. The molecular formula is C66H47BN4S. The Hall–Kier alpha value is -8.97. The van der Waals surface area contributed by atoms with Crippen molar-refractivity contribution in [2.75, 3.05) is 19.6 Å². The van der Waals surface area contributed by atoms with Gasteiger partial charge in [0.15, 0.2) is 0 Å². The molecule has 3 aliphatic rings. The van der Waals surface area contributed by atoms with E-state index in [4.69, 9.17) is 0 Å². The van der Waals surface area contributed by atoms with E-state index in [9.17, 15) is 0 Å². The fraction of sp³-hybridized carbons (Fsp3) is 0. The van der Waals surface area contributed by atoms with E-state index in [1.807, 2.05) is 0 Å². The predicted molar refractivity (Wildman–Crippen MR) is 303 cm³/mol. The summed E-state index contributed by atoms with van der Waals surface area (Å²) in [5.41, 5.74) is 17.4. The highest BCUT2D eigenvalue weighted by Gasteiger charge is 2.46. The van der Waals surface area contributed by atoms with E-state index >= 15 is 0 Å². The third kappa shape index (κ3) is 6.43. The van der Waals surface area contributed by atoms with Crippen molar-refractivity contribution in [1.82, 2.24) is 0 Å². The van der Waals surface area contributed by atoms with Crippen LogP contribution in [0, 0.1) is 0 Å². The van der Waals surface area contributed by atoms with Gasteiger partial charge < -0.3 is 19.6 Å². The summed E-state index contributed by atoms with van der Waals surface area (Å²) in [6, 6.07) is 105. The largest absolute Gasteiger partial charge is 0.311 e. The van der Waals surface area contributed by atoms with Gasteiger partial charge in [0.25, 0.3) is 6.71 Å². The molecule has 0 saturated carbocycles. The lowest BCUT2D eigenvalue weighted by Gasteiger charge is -2.50. The van der Waals surface area contributed by atoms with E-state index in [0.29, 0.717) is 0 Å². The average molecular weight is 939 g/mol. The highest BCUT2D eigenvalue weighted by Crippen LogP contribution is 2.79. The van der Waals surface area contributed by atoms with Crippen molar-refractivity contribution in [1.29, 1.82) is 0 Å². The van der Waals surface area contributed by atoms with Gasteiger partial charge in [-0.1, -0.05) is 158 Å². The van der Waals surface area contributed by atoms with Gasteiger partial charge in [-0.3, -0.25) is 0 Å². The fourth-order valence-corrected chi connectivity index (χ4v) is 15.9. The number of rotatable bonds is 8. The molecule has 3 heterocycles. The standard InChI is InChI=1S/C66H47BN4S/c1-7-25-48(26-8-1)68(49-27-9-2-10-28-49)53-46-62-66-63(47-53)70(51-31-13-4-14-32-51)61-45-52(43-44-57(61)67(66)56-37-19-20-38-58(56)69(62)50-29-11-3-12-30-50)71-59-39-21-23-41-64(59)72(54-33-15-5-16-34-54,55-35-17-6-18-36-55)65-42-24-22-40-60(65)71/h1-47H. The smallest absolute Gasteiger partial charge is 0.252 e. The molecule has 4 nitrogen and oxygen atoms in total. The van der Waals surface area contributed by atoms with Crippen molar-refractivity contribution in [2.45, 2.75) is 19.6 Å². The molecule has 0 aromatic heterocycles. The van der Waals surface area contributed by atoms with Crippen LogP contribution in [0.1, 0.15) is 0 Å². The Labute approximate surface area is 423 Å². The number of fused-ring (bicyclic) bond motifs is 6. The first kappa shape index (κ1) is 42.0. The SMILES string of the molecule is c1ccc(N(c2ccccc2)c2cc3c4c(c2)N(c2ccccc2)c2cc(N5c6ccccc6S(c6ccccc6)(c6ccccc6)c6ccccc65)ccc2B4c2ccccc2N3c2ccccc2)cc1. The number of anilines is 12. The molecule has 0 N–H and O–H groups in total. The zero-order valence-corrected chi connectivity index (χ0v) is 40.2. The number of benzene rings is 11. The first-order chi connectivity index (χ1) is 35.8. The summed E-state index contributed by atoms with van der Waals surface area (Å²) in [5, 5.41) is 0. The van der Waals surface area contributed by atoms with Crippen molar-refractivity contribution in [3.63, 3.8) is 0 Å². The normalized spacial score (nSPS) is 14.0. The molecule has 0 atom stereocenters. The number of nitrogens with zero attached hydrogens (tertiary/aromatic N) is 4. The predicted octanol–water partition coefficient (Wildman–Crippen LogP) is 16.4. The Morgan fingerprint density at radius 3 is 1.18 bits per heavy atom. The third-order valence-electron chi connectivity index (χ3n) is 14.6. The van der Waals surface area contributed by atoms with Crippen molar-refractivity contribution in [2.24, 2.45) is 0 Å². The summed E-state index contributed by atoms with van der Waals surface area (Å²) in [4.78, 5) is 15.2. The minimum absolute atomic E-state index is 0.0553. The molecule has 6 heteroatoms. The van der Waals surface area contributed by atoms with Gasteiger partial charge in [-0.25, -0.2) is 0 Å². The van der Waals surface area contributed by atoms with E-state index in [0.717, 1.165) is 51.2 Å². The maximum absolute atomic E-state index is 2.54. The summed E-state index contributed by atoms with van der Waals surface area (Å²) in [7, 11) is -1.92. The van der Waals surface area contributed by atoms with Crippen LogP contribution in [0.3, 0.4) is 0 Å². The second-order valence-corrected chi connectivity index (χ2v) is 21.5. The Morgan fingerprint density at radius 1 is 0.278 bits per heavy atom. The minimum Gasteiger partial charge on any atom is -0.311 e. The molecule has 72 heavy (non-hydrogen) atoms. The van der Waals surface area contributed by atoms with Crippen LogP contribution in [0.15, 0.2) is 305 Å². The second kappa shape index (κ2) is 17.2. The van der Waals surface area contributed by atoms with Crippen LogP contribution in [0.5, 0.6) is 0 Å². The molecule has 0 aliphatic carbocycles. The van der Waals surface area contributed by atoms with Crippen LogP contribution >= 0.6 is 10.0 Å². The van der Waals surface area contributed by atoms with Crippen LogP contribution in [-0.4, -0.2) is 6.71 Å². The molecule has 0 unspecified atom stereocenters. The van der Waals surface area contributed by atoms with Crippen LogP contribution in [0.4, 0.5) is 68.2 Å². The lowest BCUT2D eigenvalue weighted by Crippen LogP contribution is -2.61. The molecule has 0 fully saturated rings. The molecule has 0 bridgehead atoms. The average Bonchev–Trinajstić information content (AvgIpc) is 3.46. The molecule has 0 amide bonds. The molecule has 0 radical (unpaired) electrons. The molecule has 340 valence electrons. The summed E-state index contributed by atoms with van der Waals surface area (Å²) in [6.45, 7) is -0.0553. The Morgan fingerprint density at radius 2 is 0.667 bits per heavy atom. The fourth-order valence-electron chi connectivity index (χ4n) is 11.7. The Kier molecular flexibility index (Phi) is 10.0. The van der Waals surface area contributed by atoms with Crippen LogP contribution in [-0.2, 0) is 0 Å². The number of para-hydroxylation sites is 7. The first-order valence-electron chi connectivity index (χ1n) is 24.7. The van der Waals surface area contributed by atoms with Crippen LogP contribution < -0.4 is 36.0 Å². The van der Waals surface area contributed by atoms with Gasteiger partial charge >= 0.3 is 0 Å². The zero-order chi connectivity index (χ0) is 47.6. The Bertz CT molecular complexity index is 3660. The molecule has 0 saturated heterocycles. The quantitative estimate of drug-likeness (QED) is 0.141. The van der Waals surface area contributed by atoms with E-state index in [-0.39, 0.29) is 6.71 Å². The van der Waals surface area contributed by atoms with E-state index in [2.05, 4.69) is 305 Å². The van der Waals surface area contributed by atoms with Gasteiger partial charge in [0.1, 0.15) is 0 Å². The van der Waals surface area contributed by atoms with Crippen LogP contribution in [0.2, 0.25) is 0 Å². The maximum atomic E-state index is 2.54. The van der Waals surface area contributed by atoms with E-state index in [1.54, 1.807) is 0 Å². The zero-order valence-electron chi connectivity index (χ0n) is 39.4. The van der Waals surface area contributed by atoms with Gasteiger partial charge in [0, 0.05) is 70.8 Å². The van der Waals surface area contributed by atoms with Crippen molar-refractivity contribution < 1.29 is 0 Å². The molecular weight excluding hydrogens is 892 g/mol. The summed E-state index contributed by atoms with van der Waals surface area (Å²) >= 11 is 0. The lowest BCUT2D eigenvalue weighted by atomic mass is 9.33. The lowest BCUT2D eigenvalue weighted by molar-refractivity contribution is 1.12. The van der Waals surface area contributed by atoms with Crippen molar-refractivity contribution in [3.05, 3.63) is 285 Å². The first-order valence-corrected chi connectivity index (χ1v) is 26.3. The van der Waals surface area contributed by atoms with Crippen molar-refractivity contribution in [3.8, 4) is 0 Å². The molecule has 11 aromatic carbocycles. The van der Waals surface area contributed by atoms with E-state index < -0.39 is 10.0 Å². The summed E-state index contributed by atoms with van der Waals surface area (Å²) < 4.78 is 0. The topological polar surface area (TPSA) is 13.0 Å².